The number of carbonyl (C=O) groups excluding carboxylic acids is 1. The van der Waals surface area contributed by atoms with E-state index in [4.69, 9.17) is 9.47 Å². The van der Waals surface area contributed by atoms with E-state index in [0.717, 1.165) is 62.8 Å². The first kappa shape index (κ1) is 29.6. The Morgan fingerprint density at radius 2 is 1.70 bits per heavy atom. The molecule has 0 spiro atoms. The van der Waals surface area contributed by atoms with Gasteiger partial charge in [0.25, 0.3) is 0 Å². The van der Waals surface area contributed by atoms with Crippen LogP contribution in [0.5, 0.6) is 5.75 Å². The van der Waals surface area contributed by atoms with Gasteiger partial charge in [0.15, 0.2) is 0 Å². The highest BCUT2D eigenvalue weighted by Crippen LogP contribution is 2.33. The molecule has 0 aliphatic rings. The molecule has 210 valence electrons. The lowest BCUT2D eigenvalue weighted by Gasteiger charge is -2.22. The smallest absolute Gasteiger partial charge is 0.338 e. The minimum absolute atomic E-state index is 0.00224. The van der Waals surface area contributed by atoms with Crippen molar-refractivity contribution in [2.24, 2.45) is 0 Å². The number of carbonyl (C=O) groups is 1. The lowest BCUT2D eigenvalue weighted by atomic mass is 10.1. The van der Waals surface area contributed by atoms with Gasteiger partial charge < -0.3 is 14.4 Å². The molecule has 1 heterocycles. The molecule has 0 aliphatic heterocycles. The number of thiophene rings is 1. The Kier molecular flexibility index (Phi) is 11.8. The van der Waals surface area contributed by atoms with E-state index in [-0.39, 0.29) is 18.2 Å². The van der Waals surface area contributed by atoms with E-state index in [1.54, 1.807) is 11.3 Å². The van der Waals surface area contributed by atoms with Gasteiger partial charge in [-0.1, -0.05) is 92.6 Å². The molecule has 4 aromatic rings. The molecular weight excluding hydrogens is 514 g/mol. The Labute approximate surface area is 243 Å². The van der Waals surface area contributed by atoms with Crippen LogP contribution in [-0.4, -0.2) is 37.1 Å². The first-order valence-corrected chi connectivity index (χ1v) is 15.3. The number of esters is 1. The van der Waals surface area contributed by atoms with Crippen molar-refractivity contribution in [3.8, 4) is 5.75 Å². The van der Waals surface area contributed by atoms with Gasteiger partial charge in [0.2, 0.25) is 0 Å². The fraction of sp³-hybridized carbons (Fsp3) is 0.343. The Morgan fingerprint density at radius 1 is 0.900 bits per heavy atom. The third-order valence-corrected chi connectivity index (χ3v) is 8.01. The molecule has 0 saturated heterocycles. The third-order valence-electron chi connectivity index (χ3n) is 7.05. The molecule has 5 heteroatoms. The number of likely N-dealkylation sites (N-methyl/N-ethyl adjacent to an activating group) is 1. The maximum Gasteiger partial charge on any atom is 0.338 e. The second-order valence-electron chi connectivity index (χ2n) is 10.2. The molecule has 1 unspecified atom stereocenters. The van der Waals surface area contributed by atoms with E-state index in [2.05, 4.69) is 91.0 Å². The van der Waals surface area contributed by atoms with Crippen LogP contribution in [0.2, 0.25) is 0 Å². The van der Waals surface area contributed by atoms with Crippen molar-refractivity contribution in [1.29, 1.82) is 0 Å². The third kappa shape index (κ3) is 9.07. The molecule has 0 saturated carbocycles. The molecule has 0 amide bonds. The molecule has 2 atom stereocenters. The monoisotopic (exact) mass is 555 g/mol. The van der Waals surface area contributed by atoms with Crippen LogP contribution in [0.1, 0.15) is 66.8 Å². The van der Waals surface area contributed by atoms with Crippen LogP contribution in [-0.2, 0) is 4.74 Å². The SMILES string of the molecule is CCCCCC(C/C=C/CN(C)CC[C@H](Oc1cccc2ccccc12)c1cccs1)OC(=O)c1ccccc1. The first-order chi connectivity index (χ1) is 19.6. The fourth-order valence-corrected chi connectivity index (χ4v) is 5.55. The van der Waals surface area contributed by atoms with Gasteiger partial charge in [-0.3, -0.25) is 0 Å². The molecular formula is C35H41NO3S. The zero-order valence-corrected chi connectivity index (χ0v) is 24.5. The van der Waals surface area contributed by atoms with E-state index >= 15 is 0 Å². The average molecular weight is 556 g/mol. The minimum Gasteiger partial charge on any atom is -0.484 e. The van der Waals surface area contributed by atoms with Gasteiger partial charge >= 0.3 is 5.97 Å². The summed E-state index contributed by atoms with van der Waals surface area (Å²) in [5, 5.41) is 4.45. The number of ether oxygens (including phenoxy) is 2. The quantitative estimate of drug-likeness (QED) is 0.0785. The lowest BCUT2D eigenvalue weighted by Crippen LogP contribution is -2.23. The van der Waals surface area contributed by atoms with Crippen LogP contribution in [0.25, 0.3) is 10.8 Å². The minimum atomic E-state index is -0.238. The summed E-state index contributed by atoms with van der Waals surface area (Å²) in [6.07, 6.45) is 10.1. The fourth-order valence-electron chi connectivity index (χ4n) is 4.76. The van der Waals surface area contributed by atoms with Crippen LogP contribution < -0.4 is 4.74 Å². The summed E-state index contributed by atoms with van der Waals surface area (Å²) in [5.74, 6) is 0.691. The Bertz CT molecular complexity index is 1310. The van der Waals surface area contributed by atoms with Crippen molar-refractivity contribution in [2.45, 2.75) is 57.7 Å². The number of benzene rings is 3. The number of hydrogen-bond donors (Lipinski definition) is 0. The van der Waals surface area contributed by atoms with E-state index < -0.39 is 0 Å². The highest BCUT2D eigenvalue weighted by atomic mass is 32.1. The van der Waals surface area contributed by atoms with E-state index in [0.29, 0.717) is 5.56 Å². The largest absolute Gasteiger partial charge is 0.484 e. The molecule has 40 heavy (non-hydrogen) atoms. The second kappa shape index (κ2) is 16.0. The maximum absolute atomic E-state index is 12.6. The topological polar surface area (TPSA) is 38.8 Å². The van der Waals surface area contributed by atoms with Crippen LogP contribution in [0, 0.1) is 0 Å². The highest BCUT2D eigenvalue weighted by Gasteiger charge is 2.17. The zero-order valence-electron chi connectivity index (χ0n) is 23.7. The molecule has 4 nitrogen and oxygen atoms in total. The summed E-state index contributed by atoms with van der Waals surface area (Å²) in [6, 6.07) is 28.1. The molecule has 0 aliphatic carbocycles. The standard InChI is InChI=1S/C35H41NO3S/c1-3-4-6-19-30(38-35(37)29-16-7-5-8-17-29)20-11-12-25-36(2)26-24-33(34-23-14-27-40-34)39-32-22-13-18-28-15-9-10-21-31(28)32/h5,7-18,21-23,27,30,33H,3-4,6,19-20,24-26H2,1-2H3/b12-11+/t30?,33-/m0/s1. The van der Waals surface area contributed by atoms with Crippen LogP contribution in [0.15, 0.2) is 102 Å². The molecule has 0 fully saturated rings. The van der Waals surface area contributed by atoms with Crippen molar-refractivity contribution in [1.82, 2.24) is 4.90 Å². The first-order valence-electron chi connectivity index (χ1n) is 14.4. The Hall–Kier alpha value is -3.41. The molecule has 0 bridgehead atoms. The van der Waals surface area contributed by atoms with Gasteiger partial charge in [-0.05, 0) is 54.9 Å². The summed E-state index contributed by atoms with van der Waals surface area (Å²) in [6.45, 7) is 3.93. The van der Waals surface area contributed by atoms with E-state index in [9.17, 15) is 4.79 Å². The van der Waals surface area contributed by atoms with Gasteiger partial charge in [0.1, 0.15) is 18.0 Å². The van der Waals surface area contributed by atoms with Crippen LogP contribution >= 0.6 is 11.3 Å². The molecule has 1 aromatic heterocycles. The number of nitrogens with zero attached hydrogens (tertiary/aromatic N) is 1. The molecule has 0 radical (unpaired) electrons. The average Bonchev–Trinajstić information content (AvgIpc) is 3.53. The Morgan fingerprint density at radius 3 is 2.50 bits per heavy atom. The summed E-state index contributed by atoms with van der Waals surface area (Å²) in [7, 11) is 2.14. The molecule has 0 N–H and O–H groups in total. The second-order valence-corrected chi connectivity index (χ2v) is 11.2. The molecule has 3 aromatic carbocycles. The predicted molar refractivity (Wildman–Crippen MR) is 167 cm³/mol. The predicted octanol–water partition coefficient (Wildman–Crippen LogP) is 9.10. The van der Waals surface area contributed by atoms with Gasteiger partial charge in [0.05, 0.1) is 5.56 Å². The number of unbranched alkanes of at least 4 members (excludes halogenated alkanes) is 2. The number of rotatable bonds is 16. The van der Waals surface area contributed by atoms with Gasteiger partial charge in [-0.15, -0.1) is 11.3 Å². The highest BCUT2D eigenvalue weighted by molar-refractivity contribution is 7.10. The summed E-state index contributed by atoms with van der Waals surface area (Å²) in [4.78, 5) is 16.2. The maximum atomic E-state index is 12.6. The van der Waals surface area contributed by atoms with Crippen LogP contribution in [0.4, 0.5) is 0 Å². The van der Waals surface area contributed by atoms with Crippen molar-refractivity contribution < 1.29 is 14.3 Å². The Balaban J connectivity index is 1.30. The van der Waals surface area contributed by atoms with Gasteiger partial charge in [-0.25, -0.2) is 4.79 Å². The summed E-state index contributed by atoms with van der Waals surface area (Å²) >= 11 is 1.74. The number of fused-ring (bicyclic) bond motifs is 1. The van der Waals surface area contributed by atoms with Gasteiger partial charge in [-0.2, -0.15) is 0 Å². The zero-order chi connectivity index (χ0) is 28.0. The summed E-state index contributed by atoms with van der Waals surface area (Å²) in [5.41, 5.74) is 0.609. The summed E-state index contributed by atoms with van der Waals surface area (Å²) < 4.78 is 12.5. The normalized spacial score (nSPS) is 13.1. The van der Waals surface area contributed by atoms with Gasteiger partial charge in [0, 0.05) is 36.2 Å². The van der Waals surface area contributed by atoms with Crippen molar-refractivity contribution in [2.75, 3.05) is 20.1 Å². The van der Waals surface area contributed by atoms with Crippen molar-refractivity contribution in [3.63, 3.8) is 0 Å². The van der Waals surface area contributed by atoms with Crippen LogP contribution in [0.3, 0.4) is 0 Å². The van der Waals surface area contributed by atoms with Crippen molar-refractivity contribution in [3.05, 3.63) is 113 Å². The van der Waals surface area contributed by atoms with E-state index in [1.165, 1.54) is 10.3 Å². The lowest BCUT2D eigenvalue weighted by molar-refractivity contribution is 0.0283. The van der Waals surface area contributed by atoms with Crippen molar-refractivity contribution >= 4 is 28.1 Å². The number of hydrogen-bond acceptors (Lipinski definition) is 5. The van der Waals surface area contributed by atoms with E-state index in [1.807, 2.05) is 30.3 Å². The molecule has 4 rings (SSSR count).